The molecular formula is C17H29ClN4O3S. The van der Waals surface area contributed by atoms with Crippen LogP contribution in [0.5, 0.6) is 0 Å². The molecule has 0 spiro atoms. The number of amides is 1. The van der Waals surface area contributed by atoms with Crippen LogP contribution in [-0.2, 0) is 10.0 Å². The van der Waals surface area contributed by atoms with Crippen LogP contribution in [0.15, 0.2) is 29.2 Å². The predicted molar refractivity (Wildman–Crippen MR) is 105 cm³/mol. The van der Waals surface area contributed by atoms with Gasteiger partial charge in [-0.05, 0) is 51.1 Å². The summed E-state index contributed by atoms with van der Waals surface area (Å²) in [4.78, 5) is 14.7. The molecule has 0 bridgehead atoms. The van der Waals surface area contributed by atoms with Crippen molar-refractivity contribution in [1.29, 1.82) is 0 Å². The zero-order chi connectivity index (χ0) is 18.3. The molecule has 2 rings (SSSR count). The molecule has 1 aromatic carbocycles. The number of carbonyl (C=O) groups excluding carboxylic acids is 1. The number of nitrogens with one attached hydrogen (secondary N) is 3. The molecule has 1 fully saturated rings. The fraction of sp³-hybridized carbons (Fsp3) is 0.588. The van der Waals surface area contributed by atoms with E-state index in [9.17, 15) is 13.2 Å². The minimum absolute atomic E-state index is 0. The largest absolute Gasteiger partial charge is 0.352 e. The van der Waals surface area contributed by atoms with Gasteiger partial charge in [-0.3, -0.25) is 4.79 Å². The predicted octanol–water partition coefficient (Wildman–Crippen LogP) is 0.820. The van der Waals surface area contributed by atoms with Gasteiger partial charge in [0.25, 0.3) is 5.91 Å². The van der Waals surface area contributed by atoms with Crippen molar-refractivity contribution in [2.75, 3.05) is 39.3 Å². The standard InChI is InChI=1S/C17H28N4O3S.ClH/c1-14(2)20-25(23,24)16-6-4-15(5-7-16)17(22)19-8-3-11-21-12-9-18-10-13-21;/h4-7,14,18,20H,3,8-13H2,1-2H3,(H,19,22);1H. The average Bonchev–Trinajstić information content (AvgIpc) is 2.58. The third-order valence-electron chi connectivity index (χ3n) is 3.96. The van der Waals surface area contributed by atoms with Crippen molar-refractivity contribution < 1.29 is 13.2 Å². The Morgan fingerprint density at radius 3 is 2.38 bits per heavy atom. The molecule has 0 unspecified atom stereocenters. The molecule has 9 heteroatoms. The van der Waals surface area contributed by atoms with E-state index in [0.717, 1.165) is 39.1 Å². The minimum Gasteiger partial charge on any atom is -0.352 e. The highest BCUT2D eigenvalue weighted by Gasteiger charge is 2.16. The number of benzene rings is 1. The normalized spacial score (nSPS) is 15.5. The monoisotopic (exact) mass is 404 g/mol. The molecule has 0 radical (unpaired) electrons. The van der Waals surface area contributed by atoms with Gasteiger partial charge < -0.3 is 15.5 Å². The molecule has 1 aliphatic heterocycles. The van der Waals surface area contributed by atoms with E-state index < -0.39 is 10.0 Å². The number of halogens is 1. The van der Waals surface area contributed by atoms with Gasteiger partial charge in [-0.25, -0.2) is 13.1 Å². The molecule has 1 saturated heterocycles. The Morgan fingerprint density at radius 1 is 1.19 bits per heavy atom. The van der Waals surface area contributed by atoms with E-state index in [1.807, 2.05) is 0 Å². The van der Waals surface area contributed by atoms with Crippen molar-refractivity contribution in [3.63, 3.8) is 0 Å². The van der Waals surface area contributed by atoms with Gasteiger partial charge in [0.2, 0.25) is 10.0 Å². The first kappa shape index (κ1) is 22.9. The van der Waals surface area contributed by atoms with Crippen molar-refractivity contribution in [2.45, 2.75) is 31.2 Å². The van der Waals surface area contributed by atoms with Crippen molar-refractivity contribution >= 4 is 28.3 Å². The zero-order valence-corrected chi connectivity index (χ0v) is 17.0. The Labute approximate surface area is 162 Å². The van der Waals surface area contributed by atoms with E-state index >= 15 is 0 Å². The molecule has 1 amide bonds. The lowest BCUT2D eigenvalue weighted by Crippen LogP contribution is -2.44. The van der Waals surface area contributed by atoms with Crippen molar-refractivity contribution in [2.24, 2.45) is 0 Å². The zero-order valence-electron chi connectivity index (χ0n) is 15.3. The van der Waals surface area contributed by atoms with E-state index in [0.29, 0.717) is 12.1 Å². The SMILES string of the molecule is CC(C)NS(=O)(=O)c1ccc(C(=O)NCCCN2CCNCC2)cc1.Cl. The third kappa shape index (κ3) is 7.20. The second kappa shape index (κ2) is 10.8. The lowest BCUT2D eigenvalue weighted by molar-refractivity contribution is 0.0951. The van der Waals surface area contributed by atoms with Crippen LogP contribution >= 0.6 is 12.4 Å². The smallest absolute Gasteiger partial charge is 0.251 e. The highest BCUT2D eigenvalue weighted by Crippen LogP contribution is 2.11. The third-order valence-corrected chi connectivity index (χ3v) is 5.64. The highest BCUT2D eigenvalue weighted by molar-refractivity contribution is 7.89. The summed E-state index contributed by atoms with van der Waals surface area (Å²) in [6, 6.07) is 5.82. The molecule has 3 N–H and O–H groups in total. The summed E-state index contributed by atoms with van der Waals surface area (Å²) >= 11 is 0. The van der Waals surface area contributed by atoms with Crippen molar-refractivity contribution in [1.82, 2.24) is 20.3 Å². The van der Waals surface area contributed by atoms with Gasteiger partial charge in [0, 0.05) is 44.3 Å². The number of hydrogen-bond acceptors (Lipinski definition) is 5. The van der Waals surface area contributed by atoms with Crippen LogP contribution in [-0.4, -0.2) is 64.5 Å². The van der Waals surface area contributed by atoms with Crippen LogP contribution < -0.4 is 15.4 Å². The molecule has 0 aromatic heterocycles. The summed E-state index contributed by atoms with van der Waals surface area (Å²) in [6.45, 7) is 9.25. The first-order valence-corrected chi connectivity index (χ1v) is 10.2. The van der Waals surface area contributed by atoms with Gasteiger partial charge in [-0.15, -0.1) is 12.4 Å². The number of nitrogens with zero attached hydrogens (tertiary/aromatic N) is 1. The average molecular weight is 405 g/mol. The molecule has 26 heavy (non-hydrogen) atoms. The molecule has 0 aliphatic carbocycles. The second-order valence-corrected chi connectivity index (χ2v) is 8.22. The number of piperazine rings is 1. The van der Waals surface area contributed by atoms with E-state index in [4.69, 9.17) is 0 Å². The van der Waals surface area contributed by atoms with Crippen LogP contribution in [0.3, 0.4) is 0 Å². The van der Waals surface area contributed by atoms with E-state index in [1.54, 1.807) is 26.0 Å². The van der Waals surface area contributed by atoms with Crippen LogP contribution in [0.25, 0.3) is 0 Å². The van der Waals surface area contributed by atoms with Crippen LogP contribution in [0, 0.1) is 0 Å². The van der Waals surface area contributed by atoms with Gasteiger partial charge in [0.1, 0.15) is 0 Å². The number of rotatable bonds is 8. The maximum absolute atomic E-state index is 12.1. The maximum Gasteiger partial charge on any atom is 0.251 e. The van der Waals surface area contributed by atoms with E-state index in [2.05, 4.69) is 20.3 Å². The molecule has 0 atom stereocenters. The fourth-order valence-corrected chi connectivity index (χ4v) is 3.96. The van der Waals surface area contributed by atoms with Crippen LogP contribution in [0.4, 0.5) is 0 Å². The molecular weight excluding hydrogens is 376 g/mol. The summed E-state index contributed by atoms with van der Waals surface area (Å²) in [5, 5.41) is 6.19. The Morgan fingerprint density at radius 2 is 1.81 bits per heavy atom. The molecule has 0 saturated carbocycles. The molecule has 7 nitrogen and oxygen atoms in total. The van der Waals surface area contributed by atoms with Gasteiger partial charge in [0.05, 0.1) is 4.90 Å². The molecule has 1 aliphatic rings. The lowest BCUT2D eigenvalue weighted by atomic mass is 10.2. The summed E-state index contributed by atoms with van der Waals surface area (Å²) in [5.41, 5.74) is 0.464. The summed E-state index contributed by atoms with van der Waals surface area (Å²) in [7, 11) is -3.53. The Hall–Kier alpha value is -1.19. The second-order valence-electron chi connectivity index (χ2n) is 6.50. The summed E-state index contributed by atoms with van der Waals surface area (Å²) < 4.78 is 26.6. The molecule has 1 heterocycles. The first-order valence-electron chi connectivity index (χ1n) is 8.72. The maximum atomic E-state index is 12.1. The highest BCUT2D eigenvalue weighted by atomic mass is 35.5. The Kier molecular flexibility index (Phi) is 9.52. The van der Waals surface area contributed by atoms with E-state index in [-0.39, 0.29) is 29.3 Å². The van der Waals surface area contributed by atoms with Crippen molar-refractivity contribution in [3.05, 3.63) is 29.8 Å². The number of hydrogen-bond donors (Lipinski definition) is 3. The van der Waals surface area contributed by atoms with Gasteiger partial charge in [-0.1, -0.05) is 0 Å². The van der Waals surface area contributed by atoms with Gasteiger partial charge in [0.15, 0.2) is 0 Å². The number of sulfonamides is 1. The topological polar surface area (TPSA) is 90.5 Å². The van der Waals surface area contributed by atoms with Crippen LogP contribution in [0.2, 0.25) is 0 Å². The first-order chi connectivity index (χ1) is 11.9. The van der Waals surface area contributed by atoms with E-state index in [1.165, 1.54) is 12.1 Å². The summed E-state index contributed by atoms with van der Waals surface area (Å²) in [5.74, 6) is -0.180. The minimum atomic E-state index is -3.53. The van der Waals surface area contributed by atoms with Crippen molar-refractivity contribution in [3.8, 4) is 0 Å². The fourth-order valence-electron chi connectivity index (χ4n) is 2.71. The molecule has 148 valence electrons. The quantitative estimate of drug-likeness (QED) is 0.558. The Balaban J connectivity index is 0.00000338. The Bertz CT molecular complexity index is 659. The lowest BCUT2D eigenvalue weighted by Gasteiger charge is -2.27. The number of carbonyl (C=O) groups is 1. The molecule has 1 aromatic rings. The summed E-state index contributed by atoms with van der Waals surface area (Å²) in [6.07, 6.45) is 0.899. The van der Waals surface area contributed by atoms with Gasteiger partial charge >= 0.3 is 0 Å². The van der Waals surface area contributed by atoms with Crippen LogP contribution in [0.1, 0.15) is 30.6 Å². The van der Waals surface area contributed by atoms with Gasteiger partial charge in [-0.2, -0.15) is 0 Å².